The zero-order chi connectivity index (χ0) is 20.4. The fraction of sp³-hybridized carbons (Fsp3) is 0.273. The van der Waals surface area contributed by atoms with Crippen molar-refractivity contribution in [3.8, 4) is 0 Å². The molecule has 0 bridgehead atoms. The van der Waals surface area contributed by atoms with Crippen molar-refractivity contribution >= 4 is 34.5 Å². The lowest BCUT2D eigenvalue weighted by atomic mass is 10.1. The first-order valence-electron chi connectivity index (χ1n) is 9.50. The lowest BCUT2D eigenvalue weighted by Crippen LogP contribution is -2.48. The minimum Gasteiger partial charge on any atom is -0.368 e. The number of nitrogens with zero attached hydrogens (tertiary/aromatic N) is 3. The summed E-state index contributed by atoms with van der Waals surface area (Å²) in [5, 5.41) is 1.59. The van der Waals surface area contributed by atoms with Crippen LogP contribution < -0.4 is 4.90 Å². The van der Waals surface area contributed by atoms with Crippen LogP contribution in [-0.4, -0.2) is 42.0 Å². The minimum atomic E-state index is -0.253. The zero-order valence-electron chi connectivity index (χ0n) is 16.1. The van der Waals surface area contributed by atoms with Gasteiger partial charge in [0.15, 0.2) is 0 Å². The summed E-state index contributed by atoms with van der Waals surface area (Å²) in [7, 11) is 0. The van der Waals surface area contributed by atoms with Crippen LogP contribution in [0.2, 0.25) is 5.02 Å². The Kier molecular flexibility index (Phi) is 5.83. The Balaban J connectivity index is 1.41. The Morgan fingerprint density at radius 3 is 2.55 bits per heavy atom. The number of benzene rings is 2. The maximum atomic E-state index is 13.1. The van der Waals surface area contributed by atoms with Gasteiger partial charge in [-0.2, -0.15) is 0 Å². The van der Waals surface area contributed by atoms with Gasteiger partial charge in [0.05, 0.1) is 10.7 Å². The molecule has 0 unspecified atom stereocenters. The molecule has 1 fully saturated rings. The van der Waals surface area contributed by atoms with E-state index in [0.717, 1.165) is 40.1 Å². The number of anilines is 1. The summed E-state index contributed by atoms with van der Waals surface area (Å²) in [5.74, 6) is -0.215. The molecule has 7 heteroatoms. The van der Waals surface area contributed by atoms with Crippen molar-refractivity contribution < 1.29 is 9.18 Å². The summed E-state index contributed by atoms with van der Waals surface area (Å²) in [6, 6.07) is 14.2. The lowest BCUT2D eigenvalue weighted by molar-refractivity contribution is 0.0750. The molecule has 0 aliphatic carbocycles. The first-order chi connectivity index (χ1) is 14.0. The molecular weight excluding hydrogens is 409 g/mol. The van der Waals surface area contributed by atoms with E-state index in [4.69, 9.17) is 11.6 Å². The summed E-state index contributed by atoms with van der Waals surface area (Å²) in [6.07, 6.45) is 0.599. The Labute approximate surface area is 178 Å². The fourth-order valence-corrected chi connectivity index (χ4v) is 4.74. The van der Waals surface area contributed by atoms with Gasteiger partial charge < -0.3 is 9.80 Å². The van der Waals surface area contributed by atoms with Gasteiger partial charge in [0.2, 0.25) is 0 Å². The topological polar surface area (TPSA) is 36.4 Å². The number of aromatic nitrogens is 1. The van der Waals surface area contributed by atoms with Gasteiger partial charge >= 0.3 is 0 Å². The van der Waals surface area contributed by atoms with Crippen LogP contribution in [0.25, 0.3) is 0 Å². The summed E-state index contributed by atoms with van der Waals surface area (Å²) in [4.78, 5) is 22.4. The van der Waals surface area contributed by atoms with E-state index in [1.807, 2.05) is 36.1 Å². The Hall–Kier alpha value is -2.44. The van der Waals surface area contributed by atoms with Gasteiger partial charge in [-0.25, -0.2) is 9.37 Å². The minimum absolute atomic E-state index is 0.0381. The molecule has 0 saturated carbocycles. The monoisotopic (exact) mass is 429 g/mol. The van der Waals surface area contributed by atoms with E-state index < -0.39 is 0 Å². The van der Waals surface area contributed by atoms with E-state index in [-0.39, 0.29) is 11.7 Å². The van der Waals surface area contributed by atoms with Crippen molar-refractivity contribution in [2.24, 2.45) is 0 Å². The summed E-state index contributed by atoms with van der Waals surface area (Å²) in [5.41, 5.74) is 2.82. The molecule has 0 N–H and O–H groups in total. The number of halogens is 2. The van der Waals surface area contributed by atoms with Gasteiger partial charge in [-0.15, -0.1) is 11.3 Å². The largest absolute Gasteiger partial charge is 0.368 e. The summed E-state index contributed by atoms with van der Waals surface area (Å²) in [6.45, 7) is 4.74. The summed E-state index contributed by atoms with van der Waals surface area (Å²) < 4.78 is 13.1. The average molecular weight is 430 g/mol. The highest BCUT2D eigenvalue weighted by atomic mass is 35.5. The van der Waals surface area contributed by atoms with E-state index in [2.05, 4.69) is 9.88 Å². The second-order valence-corrected chi connectivity index (χ2v) is 8.60. The number of amides is 1. The number of thiazole rings is 1. The molecule has 4 nitrogen and oxygen atoms in total. The molecule has 2 aromatic carbocycles. The number of carbonyl (C=O) groups is 1. The number of hydrogen-bond acceptors (Lipinski definition) is 4. The van der Waals surface area contributed by atoms with Crippen molar-refractivity contribution in [3.05, 3.63) is 80.5 Å². The molecule has 1 amide bonds. The number of rotatable bonds is 4. The van der Waals surface area contributed by atoms with Crippen LogP contribution in [0.15, 0.2) is 48.5 Å². The highest BCUT2D eigenvalue weighted by molar-refractivity contribution is 7.13. The second kappa shape index (κ2) is 8.51. The van der Waals surface area contributed by atoms with Crippen LogP contribution in [0.3, 0.4) is 0 Å². The highest BCUT2D eigenvalue weighted by Crippen LogP contribution is 2.25. The zero-order valence-corrected chi connectivity index (χ0v) is 17.6. The van der Waals surface area contributed by atoms with E-state index >= 15 is 0 Å². The van der Waals surface area contributed by atoms with Crippen LogP contribution in [0.1, 0.15) is 25.9 Å². The van der Waals surface area contributed by atoms with Gasteiger partial charge in [-0.1, -0.05) is 29.8 Å². The van der Waals surface area contributed by atoms with E-state index in [9.17, 15) is 9.18 Å². The standard InChI is InChI=1S/C22H21ClFN3OS/c1-15-21(29-20(25-15)13-16-5-7-18(24)8-6-16)22(28)27-11-9-26(10-12-27)19-4-2-3-17(23)14-19/h2-8,14H,9-13H2,1H3. The molecular formula is C22H21ClFN3OS. The molecule has 0 radical (unpaired) electrons. The molecule has 1 aliphatic heterocycles. The van der Waals surface area contributed by atoms with Crippen molar-refractivity contribution in [2.45, 2.75) is 13.3 Å². The predicted octanol–water partition coefficient (Wildman–Crippen LogP) is 4.80. The smallest absolute Gasteiger partial charge is 0.265 e. The molecule has 29 heavy (non-hydrogen) atoms. The fourth-order valence-electron chi connectivity index (χ4n) is 3.49. The quantitative estimate of drug-likeness (QED) is 0.597. The van der Waals surface area contributed by atoms with Crippen molar-refractivity contribution in [1.29, 1.82) is 0 Å². The molecule has 4 rings (SSSR count). The molecule has 1 aliphatic rings. The third kappa shape index (κ3) is 4.60. The predicted molar refractivity (Wildman–Crippen MR) is 116 cm³/mol. The lowest BCUT2D eigenvalue weighted by Gasteiger charge is -2.36. The third-order valence-corrected chi connectivity index (χ3v) is 6.42. The summed E-state index contributed by atoms with van der Waals surface area (Å²) >= 11 is 7.53. The Bertz CT molecular complexity index is 1010. The SMILES string of the molecule is Cc1nc(Cc2ccc(F)cc2)sc1C(=O)N1CCN(c2cccc(Cl)c2)CC1. The maximum absolute atomic E-state index is 13.1. The maximum Gasteiger partial charge on any atom is 0.265 e. The first-order valence-corrected chi connectivity index (χ1v) is 10.7. The number of hydrogen-bond donors (Lipinski definition) is 0. The van der Waals surface area contributed by atoms with Crippen LogP contribution in [0.4, 0.5) is 10.1 Å². The van der Waals surface area contributed by atoms with Crippen molar-refractivity contribution in [3.63, 3.8) is 0 Å². The molecule has 0 atom stereocenters. The van der Waals surface area contributed by atoms with Gasteiger partial charge in [-0.3, -0.25) is 4.79 Å². The number of aryl methyl sites for hydroxylation is 1. The van der Waals surface area contributed by atoms with Gasteiger partial charge in [0.1, 0.15) is 10.7 Å². The average Bonchev–Trinajstić information content (AvgIpc) is 3.09. The van der Waals surface area contributed by atoms with Crippen LogP contribution in [0.5, 0.6) is 0 Å². The molecule has 150 valence electrons. The van der Waals surface area contributed by atoms with Crippen molar-refractivity contribution in [2.75, 3.05) is 31.1 Å². The van der Waals surface area contributed by atoms with Crippen LogP contribution in [0, 0.1) is 12.7 Å². The van der Waals surface area contributed by atoms with Gasteiger partial charge in [-0.05, 0) is 42.8 Å². The Morgan fingerprint density at radius 1 is 1.14 bits per heavy atom. The molecule has 2 heterocycles. The molecule has 3 aromatic rings. The van der Waals surface area contributed by atoms with Crippen LogP contribution >= 0.6 is 22.9 Å². The van der Waals surface area contributed by atoms with Gasteiger partial charge in [0, 0.05) is 43.3 Å². The van der Waals surface area contributed by atoms with Gasteiger partial charge in [0.25, 0.3) is 5.91 Å². The highest BCUT2D eigenvalue weighted by Gasteiger charge is 2.25. The second-order valence-electron chi connectivity index (χ2n) is 7.08. The molecule has 0 spiro atoms. The van der Waals surface area contributed by atoms with Crippen molar-refractivity contribution in [1.82, 2.24) is 9.88 Å². The normalized spacial score (nSPS) is 14.3. The van der Waals surface area contributed by atoms with E-state index in [0.29, 0.717) is 24.4 Å². The third-order valence-electron chi connectivity index (χ3n) is 5.04. The number of carbonyl (C=O) groups excluding carboxylic acids is 1. The number of piperazine rings is 1. The Morgan fingerprint density at radius 2 is 1.86 bits per heavy atom. The van der Waals surface area contributed by atoms with Crippen LogP contribution in [-0.2, 0) is 6.42 Å². The molecule has 1 aromatic heterocycles. The van der Waals surface area contributed by atoms with E-state index in [1.54, 1.807) is 12.1 Å². The first kappa shape index (κ1) is 19.9. The molecule has 1 saturated heterocycles. The van der Waals surface area contributed by atoms with E-state index in [1.165, 1.54) is 23.5 Å².